The molecule has 1 saturated carbocycles. The third-order valence-corrected chi connectivity index (χ3v) is 4.23. The van der Waals surface area contributed by atoms with Crippen molar-refractivity contribution in [3.8, 4) is 0 Å². The number of anilines is 1. The SMILES string of the molecule is CNc1cc(CN(Cc2ccsc2)C2CC2)ccn1. The fraction of sp³-hybridized carbons (Fsp3) is 0.400. The molecular weight excluding hydrogens is 254 g/mol. The first-order chi connectivity index (χ1) is 9.35. The van der Waals surface area contributed by atoms with Gasteiger partial charge in [0.05, 0.1) is 0 Å². The summed E-state index contributed by atoms with van der Waals surface area (Å²) in [5, 5.41) is 7.51. The summed E-state index contributed by atoms with van der Waals surface area (Å²) in [5.74, 6) is 0.948. The van der Waals surface area contributed by atoms with Crippen molar-refractivity contribution in [2.45, 2.75) is 32.0 Å². The van der Waals surface area contributed by atoms with Crippen molar-refractivity contribution in [3.63, 3.8) is 0 Å². The molecule has 1 fully saturated rings. The highest BCUT2D eigenvalue weighted by Gasteiger charge is 2.29. The van der Waals surface area contributed by atoms with Gasteiger partial charge in [-0.3, -0.25) is 4.90 Å². The Bertz CT molecular complexity index is 520. The Morgan fingerprint density at radius 2 is 2.16 bits per heavy atom. The Balaban J connectivity index is 1.70. The number of pyridine rings is 1. The molecule has 0 saturated heterocycles. The molecule has 0 aliphatic heterocycles. The molecule has 0 atom stereocenters. The van der Waals surface area contributed by atoms with Gasteiger partial charge in [-0.2, -0.15) is 11.3 Å². The zero-order chi connectivity index (χ0) is 13.1. The second kappa shape index (κ2) is 5.72. The normalized spacial score (nSPS) is 14.8. The number of aromatic nitrogens is 1. The minimum atomic E-state index is 0.770. The lowest BCUT2D eigenvalue weighted by molar-refractivity contribution is 0.246. The van der Waals surface area contributed by atoms with Gasteiger partial charge in [0.1, 0.15) is 5.82 Å². The quantitative estimate of drug-likeness (QED) is 0.875. The lowest BCUT2D eigenvalue weighted by atomic mass is 10.2. The van der Waals surface area contributed by atoms with Gasteiger partial charge in [0.2, 0.25) is 0 Å². The Kier molecular flexibility index (Phi) is 3.80. The first-order valence-corrected chi connectivity index (χ1v) is 7.67. The maximum atomic E-state index is 4.27. The van der Waals surface area contributed by atoms with E-state index in [-0.39, 0.29) is 0 Å². The summed E-state index contributed by atoms with van der Waals surface area (Å²) in [4.78, 5) is 6.85. The molecule has 2 aromatic heterocycles. The highest BCUT2D eigenvalue weighted by molar-refractivity contribution is 7.07. The Labute approximate surface area is 118 Å². The predicted molar refractivity (Wildman–Crippen MR) is 80.4 cm³/mol. The van der Waals surface area contributed by atoms with E-state index in [2.05, 4.69) is 44.2 Å². The molecule has 0 spiro atoms. The van der Waals surface area contributed by atoms with Crippen molar-refractivity contribution in [1.82, 2.24) is 9.88 Å². The van der Waals surface area contributed by atoms with Crippen LogP contribution in [0.4, 0.5) is 5.82 Å². The second-order valence-electron chi connectivity index (χ2n) is 5.07. The number of thiophene rings is 1. The summed E-state index contributed by atoms with van der Waals surface area (Å²) in [6, 6.07) is 7.25. The Morgan fingerprint density at radius 1 is 1.32 bits per heavy atom. The molecule has 4 heteroatoms. The summed E-state index contributed by atoms with van der Waals surface area (Å²) in [6.07, 6.45) is 4.57. The number of nitrogens with one attached hydrogen (secondary N) is 1. The minimum Gasteiger partial charge on any atom is -0.373 e. The molecular formula is C15H19N3S. The van der Waals surface area contributed by atoms with Crippen LogP contribution in [0, 0.1) is 0 Å². The van der Waals surface area contributed by atoms with Crippen molar-refractivity contribution in [3.05, 3.63) is 46.3 Å². The van der Waals surface area contributed by atoms with Gasteiger partial charge in [-0.15, -0.1) is 0 Å². The highest BCUT2D eigenvalue weighted by Crippen LogP contribution is 2.30. The van der Waals surface area contributed by atoms with E-state index in [0.717, 1.165) is 24.9 Å². The molecule has 1 aliphatic rings. The summed E-state index contributed by atoms with van der Waals surface area (Å²) in [5.41, 5.74) is 2.77. The van der Waals surface area contributed by atoms with Crippen molar-refractivity contribution >= 4 is 17.2 Å². The number of rotatable bonds is 6. The molecule has 3 nitrogen and oxygen atoms in total. The molecule has 2 heterocycles. The highest BCUT2D eigenvalue weighted by atomic mass is 32.1. The Hall–Kier alpha value is -1.39. The van der Waals surface area contributed by atoms with Crippen LogP contribution in [0.3, 0.4) is 0 Å². The lowest BCUT2D eigenvalue weighted by Crippen LogP contribution is -2.24. The van der Waals surface area contributed by atoms with E-state index in [1.807, 2.05) is 13.2 Å². The van der Waals surface area contributed by atoms with Crippen LogP contribution in [0.15, 0.2) is 35.2 Å². The fourth-order valence-electron chi connectivity index (χ4n) is 2.31. The maximum absolute atomic E-state index is 4.27. The van der Waals surface area contributed by atoms with Gasteiger partial charge < -0.3 is 5.32 Å². The summed E-state index contributed by atoms with van der Waals surface area (Å²) in [7, 11) is 1.91. The van der Waals surface area contributed by atoms with E-state index < -0.39 is 0 Å². The predicted octanol–water partition coefficient (Wildman–Crippen LogP) is 3.35. The number of hydrogen-bond donors (Lipinski definition) is 1. The van der Waals surface area contributed by atoms with Crippen LogP contribution in [-0.2, 0) is 13.1 Å². The maximum Gasteiger partial charge on any atom is 0.125 e. The zero-order valence-electron chi connectivity index (χ0n) is 11.2. The van der Waals surface area contributed by atoms with Crippen LogP contribution in [0.1, 0.15) is 24.0 Å². The molecule has 0 amide bonds. The smallest absolute Gasteiger partial charge is 0.125 e. The number of hydrogen-bond acceptors (Lipinski definition) is 4. The molecule has 1 N–H and O–H groups in total. The van der Waals surface area contributed by atoms with E-state index in [4.69, 9.17) is 0 Å². The van der Waals surface area contributed by atoms with Crippen molar-refractivity contribution in [2.24, 2.45) is 0 Å². The van der Waals surface area contributed by atoms with Crippen LogP contribution in [0.2, 0.25) is 0 Å². The van der Waals surface area contributed by atoms with Gasteiger partial charge in [0.25, 0.3) is 0 Å². The van der Waals surface area contributed by atoms with E-state index >= 15 is 0 Å². The molecule has 0 aromatic carbocycles. The average molecular weight is 273 g/mol. The van der Waals surface area contributed by atoms with E-state index in [0.29, 0.717) is 0 Å². The largest absolute Gasteiger partial charge is 0.373 e. The van der Waals surface area contributed by atoms with E-state index in [1.165, 1.54) is 24.0 Å². The molecule has 1 aliphatic carbocycles. The first-order valence-electron chi connectivity index (χ1n) is 6.73. The topological polar surface area (TPSA) is 28.2 Å². The van der Waals surface area contributed by atoms with Gasteiger partial charge >= 0.3 is 0 Å². The Morgan fingerprint density at radius 3 is 2.84 bits per heavy atom. The second-order valence-corrected chi connectivity index (χ2v) is 5.85. The summed E-state index contributed by atoms with van der Waals surface area (Å²) < 4.78 is 0. The van der Waals surface area contributed by atoms with Gasteiger partial charge in [-0.05, 0) is 52.9 Å². The van der Waals surface area contributed by atoms with Gasteiger partial charge in [-0.1, -0.05) is 0 Å². The van der Waals surface area contributed by atoms with Crippen LogP contribution in [-0.4, -0.2) is 23.0 Å². The molecule has 19 heavy (non-hydrogen) atoms. The van der Waals surface area contributed by atoms with Crippen LogP contribution >= 0.6 is 11.3 Å². The minimum absolute atomic E-state index is 0.770. The molecule has 3 rings (SSSR count). The van der Waals surface area contributed by atoms with Crippen LogP contribution < -0.4 is 5.32 Å². The van der Waals surface area contributed by atoms with Crippen molar-refractivity contribution in [1.29, 1.82) is 0 Å². The lowest BCUT2D eigenvalue weighted by Gasteiger charge is -2.21. The van der Waals surface area contributed by atoms with Crippen LogP contribution in [0.25, 0.3) is 0 Å². The summed E-state index contributed by atoms with van der Waals surface area (Å²) in [6.45, 7) is 2.07. The molecule has 2 aromatic rings. The van der Waals surface area contributed by atoms with Crippen molar-refractivity contribution < 1.29 is 0 Å². The standard InChI is InChI=1S/C15H19N3S/c1-16-15-8-12(4-6-17-15)9-18(14-2-3-14)10-13-5-7-19-11-13/h4-8,11,14H,2-3,9-10H2,1H3,(H,16,17). The van der Waals surface area contributed by atoms with Gasteiger partial charge in [-0.25, -0.2) is 4.98 Å². The summed E-state index contributed by atoms with van der Waals surface area (Å²) >= 11 is 1.78. The average Bonchev–Trinajstić information content (AvgIpc) is 3.17. The van der Waals surface area contributed by atoms with Gasteiger partial charge in [0.15, 0.2) is 0 Å². The molecule has 0 radical (unpaired) electrons. The zero-order valence-corrected chi connectivity index (χ0v) is 12.0. The molecule has 0 unspecified atom stereocenters. The van der Waals surface area contributed by atoms with Crippen molar-refractivity contribution in [2.75, 3.05) is 12.4 Å². The molecule has 0 bridgehead atoms. The monoisotopic (exact) mass is 273 g/mol. The molecule has 100 valence electrons. The van der Waals surface area contributed by atoms with E-state index in [1.54, 1.807) is 11.3 Å². The third kappa shape index (κ3) is 3.33. The fourth-order valence-corrected chi connectivity index (χ4v) is 2.97. The first kappa shape index (κ1) is 12.6. The van der Waals surface area contributed by atoms with Crippen LogP contribution in [0.5, 0.6) is 0 Å². The van der Waals surface area contributed by atoms with E-state index in [9.17, 15) is 0 Å². The third-order valence-electron chi connectivity index (χ3n) is 3.50. The number of nitrogens with zero attached hydrogens (tertiary/aromatic N) is 2. The van der Waals surface area contributed by atoms with Gasteiger partial charge in [0, 0.05) is 32.4 Å².